The SMILES string of the molecule is O=P(O)(O)OCCC(CCOP(=O)(O)O)c1c2nc(cc3ccc([nH]3)c(-c3ccc(Br)cc3)c3ccc(cc4nc1C=C4)[nH]3)C=C2. The van der Waals surface area contributed by atoms with E-state index in [2.05, 4.69) is 25.9 Å². The first-order valence-corrected chi connectivity index (χ1v) is 18.0. The molecule has 0 radical (unpaired) electrons. The van der Waals surface area contributed by atoms with Crippen LogP contribution in [0.3, 0.4) is 0 Å². The zero-order chi connectivity index (χ0) is 32.5. The Labute approximate surface area is 271 Å². The van der Waals surface area contributed by atoms with Gasteiger partial charge >= 0.3 is 15.6 Å². The van der Waals surface area contributed by atoms with Crippen LogP contribution >= 0.6 is 31.6 Å². The van der Waals surface area contributed by atoms with E-state index >= 15 is 0 Å². The summed E-state index contributed by atoms with van der Waals surface area (Å²) in [4.78, 5) is 53.8. The molecule has 0 saturated carbocycles. The molecule has 0 aliphatic carbocycles. The maximum atomic E-state index is 11.4. The zero-order valence-corrected chi connectivity index (χ0v) is 27.5. The van der Waals surface area contributed by atoms with Crippen LogP contribution in [0.2, 0.25) is 0 Å². The van der Waals surface area contributed by atoms with Crippen molar-refractivity contribution in [2.24, 2.45) is 0 Å². The number of hydrogen-bond acceptors (Lipinski definition) is 6. The van der Waals surface area contributed by atoms with Crippen molar-refractivity contribution in [1.82, 2.24) is 19.9 Å². The second-order valence-electron chi connectivity index (χ2n) is 10.7. The van der Waals surface area contributed by atoms with Gasteiger partial charge in [-0.2, -0.15) is 0 Å². The number of H-pyrrole nitrogens is 2. The molecule has 2 aliphatic rings. The summed E-state index contributed by atoms with van der Waals surface area (Å²) < 4.78 is 33.3. The summed E-state index contributed by atoms with van der Waals surface area (Å²) in [5.41, 5.74) is 8.46. The Hall–Kier alpha value is -3.48. The van der Waals surface area contributed by atoms with Gasteiger partial charge < -0.3 is 29.5 Å². The standard InChI is InChI=1S/C31H29BrN4O8P2/c32-21-3-1-19(2-4-21)30-26-9-5-22(33-26)17-24-7-11-28(35-24)31(29-12-8-25(36-29)18-23-6-10-27(30)34-23)20(13-15-43-45(37,38)39)14-16-44-46(40,41)42/h1-12,17-18,20,33-34H,13-16H2,(H2,37,38,39)(H2,40,41,42). The lowest BCUT2D eigenvalue weighted by Crippen LogP contribution is -2.10. The van der Waals surface area contributed by atoms with Crippen molar-refractivity contribution in [2.45, 2.75) is 18.8 Å². The topological polar surface area (TPSA) is 191 Å². The maximum Gasteiger partial charge on any atom is 0.469 e. The van der Waals surface area contributed by atoms with Gasteiger partial charge in [0.2, 0.25) is 0 Å². The summed E-state index contributed by atoms with van der Waals surface area (Å²) >= 11 is 3.52. The minimum Gasteiger partial charge on any atom is -0.355 e. The fraction of sp³-hybridized carbons (Fsp3) is 0.161. The van der Waals surface area contributed by atoms with Crippen LogP contribution in [-0.4, -0.2) is 52.7 Å². The number of phosphoric ester groups is 2. The largest absolute Gasteiger partial charge is 0.469 e. The molecule has 0 fully saturated rings. The molecule has 3 aromatic heterocycles. The number of phosphoric acid groups is 2. The Kier molecular flexibility index (Phi) is 9.40. The Morgan fingerprint density at radius 2 is 1.17 bits per heavy atom. The third-order valence-electron chi connectivity index (χ3n) is 7.43. The van der Waals surface area contributed by atoms with Crippen LogP contribution in [0.15, 0.2) is 65.1 Å². The molecule has 15 heteroatoms. The van der Waals surface area contributed by atoms with Crippen molar-refractivity contribution < 1.29 is 37.8 Å². The molecule has 1 aromatic carbocycles. The lowest BCUT2D eigenvalue weighted by atomic mass is 9.90. The molecule has 6 N–H and O–H groups in total. The van der Waals surface area contributed by atoms with Gasteiger partial charge in [-0.25, -0.2) is 19.1 Å². The zero-order valence-electron chi connectivity index (χ0n) is 24.1. The second kappa shape index (κ2) is 13.3. The monoisotopic (exact) mass is 726 g/mol. The van der Waals surface area contributed by atoms with Crippen LogP contribution in [0, 0.1) is 0 Å². The summed E-state index contributed by atoms with van der Waals surface area (Å²) in [6, 6.07) is 19.8. The summed E-state index contributed by atoms with van der Waals surface area (Å²) in [5.74, 6) is -0.542. The van der Waals surface area contributed by atoms with Crippen LogP contribution in [-0.2, 0) is 18.2 Å². The Morgan fingerprint density at radius 1 is 0.696 bits per heavy atom. The van der Waals surface area contributed by atoms with Gasteiger partial charge in [-0.3, -0.25) is 9.05 Å². The Balaban J connectivity index is 1.55. The molecule has 0 amide bonds. The number of aromatic amines is 2. The van der Waals surface area contributed by atoms with Gasteiger partial charge in [0, 0.05) is 37.7 Å². The Morgan fingerprint density at radius 3 is 1.63 bits per heavy atom. The van der Waals surface area contributed by atoms with Gasteiger partial charge in [-0.05, 0) is 97.2 Å². The quantitative estimate of drug-likeness (QED) is 0.0789. The molecule has 2 aliphatic heterocycles. The van der Waals surface area contributed by atoms with Crippen molar-refractivity contribution in [1.29, 1.82) is 0 Å². The fourth-order valence-electron chi connectivity index (χ4n) is 5.50. The summed E-state index contributed by atoms with van der Waals surface area (Å²) in [7, 11) is -9.50. The molecular formula is C31H29BrN4O8P2. The number of halogens is 1. The molecule has 8 bridgehead atoms. The van der Waals surface area contributed by atoms with Gasteiger partial charge in [-0.15, -0.1) is 0 Å². The van der Waals surface area contributed by atoms with E-state index in [4.69, 9.17) is 19.0 Å². The molecule has 5 heterocycles. The maximum absolute atomic E-state index is 11.4. The van der Waals surface area contributed by atoms with Crippen molar-refractivity contribution in [3.8, 4) is 11.1 Å². The van der Waals surface area contributed by atoms with Crippen LogP contribution in [0.25, 0.3) is 57.5 Å². The first-order valence-electron chi connectivity index (χ1n) is 14.2. The average molecular weight is 727 g/mol. The van der Waals surface area contributed by atoms with Crippen molar-refractivity contribution >= 4 is 77.9 Å². The minimum absolute atomic E-state index is 0.0947. The number of nitrogens with zero attached hydrogens (tertiary/aromatic N) is 2. The first kappa shape index (κ1) is 32.5. The molecule has 238 valence electrons. The third kappa shape index (κ3) is 8.08. The highest BCUT2D eigenvalue weighted by Gasteiger charge is 2.25. The van der Waals surface area contributed by atoms with Gasteiger partial charge in [0.05, 0.1) is 36.0 Å². The summed E-state index contributed by atoms with van der Waals surface area (Å²) in [6.07, 6.45) is 7.51. The normalized spacial score (nSPS) is 13.2. The lowest BCUT2D eigenvalue weighted by Gasteiger charge is -2.19. The van der Waals surface area contributed by atoms with Gasteiger partial charge in [-0.1, -0.05) is 28.1 Å². The molecule has 0 spiro atoms. The van der Waals surface area contributed by atoms with E-state index in [1.807, 2.05) is 85.0 Å². The van der Waals surface area contributed by atoms with E-state index in [0.29, 0.717) is 28.3 Å². The number of fused-ring (bicyclic) bond motifs is 8. The number of nitrogens with one attached hydrogen (secondary N) is 2. The number of benzene rings is 1. The third-order valence-corrected chi connectivity index (χ3v) is 9.00. The molecule has 6 rings (SSSR count). The van der Waals surface area contributed by atoms with Crippen molar-refractivity contribution in [3.63, 3.8) is 0 Å². The van der Waals surface area contributed by atoms with Gasteiger partial charge in [0.25, 0.3) is 0 Å². The van der Waals surface area contributed by atoms with Crippen LogP contribution in [0.4, 0.5) is 0 Å². The van der Waals surface area contributed by atoms with E-state index < -0.39 is 21.6 Å². The van der Waals surface area contributed by atoms with Crippen molar-refractivity contribution in [2.75, 3.05) is 13.2 Å². The molecule has 0 saturated heterocycles. The molecule has 46 heavy (non-hydrogen) atoms. The predicted molar refractivity (Wildman–Crippen MR) is 180 cm³/mol. The predicted octanol–water partition coefficient (Wildman–Crippen LogP) is 7.17. The van der Waals surface area contributed by atoms with E-state index in [0.717, 1.165) is 37.7 Å². The second-order valence-corrected chi connectivity index (χ2v) is 14.1. The van der Waals surface area contributed by atoms with E-state index in [-0.39, 0.29) is 26.1 Å². The van der Waals surface area contributed by atoms with Crippen molar-refractivity contribution in [3.05, 3.63) is 93.5 Å². The van der Waals surface area contributed by atoms with E-state index in [1.165, 1.54) is 0 Å². The number of rotatable bonds is 10. The molecule has 0 unspecified atom stereocenters. The average Bonchev–Trinajstić information content (AvgIpc) is 3.79. The van der Waals surface area contributed by atoms with Gasteiger partial charge in [0.15, 0.2) is 0 Å². The van der Waals surface area contributed by atoms with E-state index in [9.17, 15) is 28.7 Å². The van der Waals surface area contributed by atoms with Crippen LogP contribution in [0.1, 0.15) is 47.1 Å². The number of aromatic nitrogens is 4. The number of hydrogen-bond donors (Lipinski definition) is 6. The molecular weight excluding hydrogens is 698 g/mol. The highest BCUT2D eigenvalue weighted by molar-refractivity contribution is 9.10. The molecule has 4 aromatic rings. The highest BCUT2D eigenvalue weighted by atomic mass is 79.9. The fourth-order valence-corrected chi connectivity index (χ4v) is 6.45. The lowest BCUT2D eigenvalue weighted by molar-refractivity contribution is 0.176. The smallest absolute Gasteiger partial charge is 0.355 e. The van der Waals surface area contributed by atoms with Crippen LogP contribution in [0.5, 0.6) is 0 Å². The molecule has 0 atom stereocenters. The summed E-state index contributed by atoms with van der Waals surface area (Å²) in [6.45, 7) is -0.636. The summed E-state index contributed by atoms with van der Waals surface area (Å²) in [5, 5.41) is 0. The highest BCUT2D eigenvalue weighted by Crippen LogP contribution is 2.40. The van der Waals surface area contributed by atoms with Gasteiger partial charge in [0.1, 0.15) is 0 Å². The molecule has 12 nitrogen and oxygen atoms in total. The minimum atomic E-state index is -4.75. The first-order chi connectivity index (χ1) is 21.9. The Bertz CT molecular complexity index is 1970. The van der Waals surface area contributed by atoms with E-state index in [1.54, 1.807) is 0 Å². The van der Waals surface area contributed by atoms with Crippen LogP contribution < -0.4 is 0 Å².